The van der Waals surface area contributed by atoms with Gasteiger partial charge in [-0.1, -0.05) is 30.3 Å². The number of nitrogens with one attached hydrogen (secondary N) is 2. The molecule has 0 unspecified atom stereocenters. The number of carbonyl (C=O) groups excluding carboxylic acids is 2. The molecule has 0 radical (unpaired) electrons. The lowest BCUT2D eigenvalue weighted by atomic mass is 10.0. The fraction of sp³-hybridized carbons (Fsp3) is 0.292. The number of hydrogen-bond donors (Lipinski definition) is 2. The summed E-state index contributed by atoms with van der Waals surface area (Å²) in [6.45, 7) is -3.03. The van der Waals surface area contributed by atoms with Gasteiger partial charge < -0.3 is 15.1 Å². The van der Waals surface area contributed by atoms with Crippen molar-refractivity contribution in [2.45, 2.75) is 25.4 Å². The van der Waals surface area contributed by atoms with E-state index in [1.807, 2.05) is 30.3 Å². The van der Waals surface area contributed by atoms with Crippen LogP contribution >= 0.6 is 0 Å². The van der Waals surface area contributed by atoms with Crippen LogP contribution in [-0.2, 0) is 4.79 Å². The third kappa shape index (κ3) is 5.61. The lowest BCUT2D eigenvalue weighted by Crippen LogP contribution is -2.50. The van der Waals surface area contributed by atoms with Crippen LogP contribution in [0.3, 0.4) is 0 Å². The van der Waals surface area contributed by atoms with Crippen LogP contribution < -0.4 is 10.2 Å². The first-order chi connectivity index (χ1) is 16.8. The zero-order chi connectivity index (χ0) is 24.9. The van der Waals surface area contributed by atoms with Gasteiger partial charge in [0.25, 0.3) is 5.91 Å². The predicted octanol–water partition coefficient (Wildman–Crippen LogP) is 3.80. The van der Waals surface area contributed by atoms with Crippen molar-refractivity contribution in [1.82, 2.24) is 20.4 Å². The van der Waals surface area contributed by atoms with Gasteiger partial charge in [0.15, 0.2) is 0 Å². The Bertz CT molecular complexity index is 1180. The number of halogens is 4. The lowest BCUT2D eigenvalue weighted by molar-refractivity contribution is -0.131. The molecule has 1 saturated heterocycles. The highest BCUT2D eigenvalue weighted by molar-refractivity contribution is 5.95. The van der Waals surface area contributed by atoms with Crippen molar-refractivity contribution in [3.63, 3.8) is 0 Å². The SMILES string of the molecule is O=C(NCC(=O)N1CCC(N(c2cc(F)ccc2F)C(F)F)CC1)c1cc(-c2ccccc2)n[nH]1. The first-order valence-corrected chi connectivity index (χ1v) is 11.0. The van der Waals surface area contributed by atoms with E-state index in [2.05, 4.69) is 15.5 Å². The topological polar surface area (TPSA) is 81.3 Å². The number of piperidine rings is 1. The Kier molecular flexibility index (Phi) is 7.33. The summed E-state index contributed by atoms with van der Waals surface area (Å²) in [5, 5.41) is 9.27. The van der Waals surface area contributed by atoms with Crippen LogP contribution in [-0.4, -0.2) is 59.1 Å². The zero-order valence-corrected chi connectivity index (χ0v) is 18.6. The molecule has 11 heteroatoms. The van der Waals surface area contributed by atoms with Gasteiger partial charge in [0.2, 0.25) is 5.91 Å². The van der Waals surface area contributed by atoms with Crippen molar-refractivity contribution in [2.75, 3.05) is 24.5 Å². The van der Waals surface area contributed by atoms with Gasteiger partial charge in [-0.3, -0.25) is 14.7 Å². The van der Waals surface area contributed by atoms with E-state index >= 15 is 0 Å². The zero-order valence-electron chi connectivity index (χ0n) is 18.6. The summed E-state index contributed by atoms with van der Waals surface area (Å²) in [5.41, 5.74) is 1.10. The number of aromatic nitrogens is 2. The molecule has 4 rings (SSSR count). The fourth-order valence-corrected chi connectivity index (χ4v) is 4.10. The number of H-pyrrole nitrogens is 1. The second-order valence-corrected chi connectivity index (χ2v) is 8.11. The number of alkyl halides is 2. The minimum Gasteiger partial charge on any atom is -0.342 e. The summed E-state index contributed by atoms with van der Waals surface area (Å²) in [6, 6.07) is 12.5. The molecule has 1 aliphatic rings. The van der Waals surface area contributed by atoms with E-state index in [0.717, 1.165) is 23.8 Å². The highest BCUT2D eigenvalue weighted by Crippen LogP contribution is 2.30. The summed E-state index contributed by atoms with van der Waals surface area (Å²) in [6.07, 6.45) is 0.280. The Hall–Kier alpha value is -3.89. The number of anilines is 1. The fourth-order valence-electron chi connectivity index (χ4n) is 4.10. The molecular formula is C24H23F4N5O2. The van der Waals surface area contributed by atoms with Crippen LogP contribution in [0.1, 0.15) is 23.3 Å². The molecule has 2 heterocycles. The minimum atomic E-state index is -3.03. The van der Waals surface area contributed by atoms with Gasteiger partial charge in [0.1, 0.15) is 17.3 Å². The van der Waals surface area contributed by atoms with E-state index in [-0.39, 0.29) is 44.1 Å². The Labute approximate surface area is 198 Å². The number of nitrogens with zero attached hydrogens (tertiary/aromatic N) is 3. The van der Waals surface area contributed by atoms with Gasteiger partial charge in [0.05, 0.1) is 17.9 Å². The molecule has 1 fully saturated rings. The number of aromatic amines is 1. The number of carbonyl (C=O) groups is 2. The van der Waals surface area contributed by atoms with Crippen molar-refractivity contribution in [1.29, 1.82) is 0 Å². The van der Waals surface area contributed by atoms with Crippen molar-refractivity contribution in [3.8, 4) is 11.3 Å². The second kappa shape index (κ2) is 10.6. The minimum absolute atomic E-state index is 0.140. The maximum Gasteiger partial charge on any atom is 0.315 e. The molecule has 35 heavy (non-hydrogen) atoms. The molecule has 2 N–H and O–H groups in total. The molecule has 7 nitrogen and oxygen atoms in total. The number of rotatable bonds is 7. The third-order valence-electron chi connectivity index (χ3n) is 5.90. The highest BCUT2D eigenvalue weighted by atomic mass is 19.3. The summed E-state index contributed by atoms with van der Waals surface area (Å²) in [5.74, 6) is -2.64. The second-order valence-electron chi connectivity index (χ2n) is 8.11. The van der Waals surface area contributed by atoms with E-state index in [1.165, 1.54) is 4.90 Å². The van der Waals surface area contributed by atoms with Crippen LogP contribution in [0.2, 0.25) is 0 Å². The summed E-state index contributed by atoms with van der Waals surface area (Å²) in [7, 11) is 0. The van der Waals surface area contributed by atoms with Crippen molar-refractivity contribution >= 4 is 17.5 Å². The quantitative estimate of drug-likeness (QED) is 0.391. The maximum absolute atomic E-state index is 14.1. The van der Waals surface area contributed by atoms with Crippen molar-refractivity contribution < 1.29 is 27.2 Å². The highest BCUT2D eigenvalue weighted by Gasteiger charge is 2.33. The van der Waals surface area contributed by atoms with Gasteiger partial charge in [-0.15, -0.1) is 0 Å². The third-order valence-corrected chi connectivity index (χ3v) is 5.90. The molecule has 0 aliphatic carbocycles. The van der Waals surface area contributed by atoms with E-state index in [0.29, 0.717) is 10.6 Å². The molecule has 3 aromatic rings. The van der Waals surface area contributed by atoms with E-state index in [9.17, 15) is 27.2 Å². The van der Waals surface area contributed by atoms with E-state index < -0.39 is 35.8 Å². The molecule has 0 bridgehead atoms. The number of benzene rings is 2. The van der Waals surface area contributed by atoms with Crippen LogP contribution in [0.15, 0.2) is 54.6 Å². The lowest BCUT2D eigenvalue weighted by Gasteiger charge is -2.39. The van der Waals surface area contributed by atoms with Gasteiger partial charge in [-0.2, -0.15) is 13.9 Å². The predicted molar refractivity (Wildman–Crippen MR) is 121 cm³/mol. The van der Waals surface area contributed by atoms with Gasteiger partial charge >= 0.3 is 6.55 Å². The van der Waals surface area contributed by atoms with Crippen LogP contribution in [0, 0.1) is 11.6 Å². The molecule has 1 aromatic heterocycles. The Morgan fingerprint density at radius 2 is 1.80 bits per heavy atom. The summed E-state index contributed by atoms with van der Waals surface area (Å²) in [4.78, 5) is 27.0. The maximum atomic E-state index is 14.1. The summed E-state index contributed by atoms with van der Waals surface area (Å²) < 4.78 is 55.1. The van der Waals surface area contributed by atoms with Crippen LogP contribution in [0.5, 0.6) is 0 Å². The molecule has 2 amide bonds. The number of amides is 2. The van der Waals surface area contributed by atoms with Crippen molar-refractivity contribution in [2.24, 2.45) is 0 Å². The Morgan fingerprint density at radius 1 is 1.09 bits per heavy atom. The number of hydrogen-bond acceptors (Lipinski definition) is 4. The van der Waals surface area contributed by atoms with Gasteiger partial charge in [-0.05, 0) is 31.0 Å². The standard InChI is InChI=1S/C24H23F4N5O2/c25-16-6-7-18(26)21(12-16)33(24(27)28)17-8-10-32(11-9-17)22(34)14-29-23(35)20-13-19(30-31-20)15-4-2-1-3-5-15/h1-7,12-13,17,24H,8-11,14H2,(H,29,35)(H,30,31). The van der Waals surface area contributed by atoms with Crippen molar-refractivity contribution in [3.05, 3.63) is 71.9 Å². The molecule has 1 aliphatic heterocycles. The smallest absolute Gasteiger partial charge is 0.315 e. The molecule has 184 valence electrons. The normalized spacial score (nSPS) is 14.3. The molecule has 2 aromatic carbocycles. The van der Waals surface area contributed by atoms with Crippen LogP contribution in [0.4, 0.5) is 23.2 Å². The number of likely N-dealkylation sites (tertiary alicyclic amines) is 1. The van der Waals surface area contributed by atoms with E-state index in [4.69, 9.17) is 0 Å². The Balaban J connectivity index is 1.31. The average Bonchev–Trinajstić information content (AvgIpc) is 3.36. The van der Waals surface area contributed by atoms with E-state index in [1.54, 1.807) is 6.07 Å². The average molecular weight is 489 g/mol. The molecule has 0 spiro atoms. The van der Waals surface area contributed by atoms with Gasteiger partial charge in [0, 0.05) is 30.8 Å². The Morgan fingerprint density at radius 3 is 2.49 bits per heavy atom. The van der Waals surface area contributed by atoms with Crippen LogP contribution in [0.25, 0.3) is 11.3 Å². The summed E-state index contributed by atoms with van der Waals surface area (Å²) >= 11 is 0. The largest absolute Gasteiger partial charge is 0.342 e. The first-order valence-electron chi connectivity index (χ1n) is 11.0. The molecular weight excluding hydrogens is 466 g/mol. The van der Waals surface area contributed by atoms with Gasteiger partial charge in [-0.25, -0.2) is 8.78 Å². The monoisotopic (exact) mass is 489 g/mol. The molecule has 0 atom stereocenters. The molecule has 0 saturated carbocycles. The first kappa shape index (κ1) is 24.2.